The highest BCUT2D eigenvalue weighted by Gasteiger charge is 2.22. The zero-order valence-electron chi connectivity index (χ0n) is 13.3. The Bertz CT molecular complexity index is 523. The van der Waals surface area contributed by atoms with Crippen molar-refractivity contribution in [1.82, 2.24) is 5.32 Å². The Kier molecular flexibility index (Phi) is 6.22. The van der Waals surface area contributed by atoms with E-state index >= 15 is 0 Å². The van der Waals surface area contributed by atoms with Crippen molar-refractivity contribution in [2.24, 2.45) is 5.73 Å². The van der Waals surface area contributed by atoms with Crippen LogP contribution in [-0.2, 0) is 16.0 Å². The topological polar surface area (TPSA) is 102 Å². The number of primary amides is 1. The number of phenols is 1. The van der Waals surface area contributed by atoms with Crippen LogP contribution < -0.4 is 11.1 Å². The highest BCUT2D eigenvalue weighted by atomic mass is 16.6. The molecule has 0 aliphatic rings. The number of carbonyl (C=O) groups excluding carboxylic acids is 2. The summed E-state index contributed by atoms with van der Waals surface area (Å²) in [6, 6.07) is 6.98. The average molecular weight is 308 g/mol. The number of hydrogen-bond donors (Lipinski definition) is 3. The fraction of sp³-hybridized carbons (Fsp3) is 0.500. The molecule has 1 rings (SSSR count). The van der Waals surface area contributed by atoms with E-state index < -0.39 is 23.6 Å². The molecule has 22 heavy (non-hydrogen) atoms. The number of ether oxygens (including phenoxy) is 1. The number of nitrogens with one attached hydrogen (secondary N) is 1. The van der Waals surface area contributed by atoms with Crippen molar-refractivity contribution < 1.29 is 19.4 Å². The van der Waals surface area contributed by atoms with Crippen LogP contribution >= 0.6 is 0 Å². The van der Waals surface area contributed by atoms with Crippen molar-refractivity contribution in [1.29, 1.82) is 0 Å². The van der Waals surface area contributed by atoms with E-state index in [-0.39, 0.29) is 5.75 Å². The second-order valence-electron chi connectivity index (χ2n) is 6.19. The molecule has 0 aliphatic carbocycles. The standard InChI is InChI=1S/C16H24N2O4/c1-16(2,3)18-15(21)22-13(14(17)20)10-6-8-11-7-4-5-9-12(11)19/h4-5,7,9,13,19H,6,8,10H2,1-3H3,(H2,17,20)(H,18,21)/t13-/m0/s1. The van der Waals surface area contributed by atoms with E-state index in [2.05, 4.69) is 5.32 Å². The fourth-order valence-corrected chi connectivity index (χ4v) is 1.92. The lowest BCUT2D eigenvalue weighted by Gasteiger charge is -2.22. The van der Waals surface area contributed by atoms with Crippen LogP contribution in [0, 0.1) is 0 Å². The molecule has 0 bridgehead atoms. The summed E-state index contributed by atoms with van der Waals surface area (Å²) in [4.78, 5) is 23.1. The maximum atomic E-state index is 11.7. The number of aromatic hydroxyl groups is 1. The molecule has 6 heteroatoms. The minimum Gasteiger partial charge on any atom is -0.508 e. The first-order valence-electron chi connectivity index (χ1n) is 7.24. The van der Waals surface area contributed by atoms with E-state index in [4.69, 9.17) is 10.5 Å². The van der Waals surface area contributed by atoms with Crippen molar-refractivity contribution in [3.63, 3.8) is 0 Å². The average Bonchev–Trinajstić information content (AvgIpc) is 2.37. The van der Waals surface area contributed by atoms with Gasteiger partial charge in [-0.1, -0.05) is 18.2 Å². The largest absolute Gasteiger partial charge is 0.508 e. The van der Waals surface area contributed by atoms with Crippen LogP contribution in [0.2, 0.25) is 0 Å². The second kappa shape index (κ2) is 7.68. The van der Waals surface area contributed by atoms with Crippen molar-refractivity contribution in [2.45, 2.75) is 51.7 Å². The number of nitrogens with two attached hydrogens (primary N) is 1. The first kappa shape index (κ1) is 17.8. The summed E-state index contributed by atoms with van der Waals surface area (Å²) >= 11 is 0. The lowest BCUT2D eigenvalue weighted by Crippen LogP contribution is -2.44. The second-order valence-corrected chi connectivity index (χ2v) is 6.19. The van der Waals surface area contributed by atoms with Gasteiger partial charge in [-0.05, 0) is 51.7 Å². The molecule has 1 atom stereocenters. The number of phenolic OH excluding ortho intramolecular Hbond substituents is 1. The minimum atomic E-state index is -0.979. The third kappa shape index (κ3) is 6.47. The summed E-state index contributed by atoms with van der Waals surface area (Å²) in [7, 11) is 0. The van der Waals surface area contributed by atoms with Crippen LogP contribution in [0.5, 0.6) is 5.75 Å². The molecule has 0 fully saturated rings. The van der Waals surface area contributed by atoms with Crippen LogP contribution in [0.3, 0.4) is 0 Å². The van der Waals surface area contributed by atoms with Crippen LogP contribution in [-0.4, -0.2) is 28.7 Å². The van der Waals surface area contributed by atoms with Gasteiger partial charge in [-0.3, -0.25) is 4.79 Å². The van der Waals surface area contributed by atoms with Crippen molar-refractivity contribution in [3.8, 4) is 5.75 Å². The molecule has 0 unspecified atom stereocenters. The van der Waals surface area contributed by atoms with Gasteiger partial charge in [0, 0.05) is 5.54 Å². The summed E-state index contributed by atoms with van der Waals surface area (Å²) in [5.74, 6) is -0.467. The predicted octanol–water partition coefficient (Wildman–Crippen LogP) is 2.09. The van der Waals surface area contributed by atoms with Crippen LogP contribution in [0.15, 0.2) is 24.3 Å². The lowest BCUT2D eigenvalue weighted by molar-refractivity contribution is -0.126. The molecule has 1 aromatic carbocycles. The van der Waals surface area contributed by atoms with Gasteiger partial charge in [-0.15, -0.1) is 0 Å². The predicted molar refractivity (Wildman–Crippen MR) is 83.4 cm³/mol. The summed E-state index contributed by atoms with van der Waals surface area (Å²) < 4.78 is 5.07. The normalized spacial score (nSPS) is 12.5. The molecule has 2 amide bonds. The van der Waals surface area contributed by atoms with Crippen LogP contribution in [0.4, 0.5) is 4.79 Å². The molecule has 0 spiro atoms. The summed E-state index contributed by atoms with van der Waals surface area (Å²) in [5.41, 5.74) is 5.60. The minimum absolute atomic E-state index is 0.213. The first-order valence-corrected chi connectivity index (χ1v) is 7.24. The van der Waals surface area contributed by atoms with Gasteiger partial charge < -0.3 is 20.9 Å². The first-order chi connectivity index (χ1) is 10.2. The molecule has 0 saturated carbocycles. The number of hydrogen-bond acceptors (Lipinski definition) is 4. The maximum Gasteiger partial charge on any atom is 0.408 e. The van der Waals surface area contributed by atoms with Gasteiger partial charge in [0.05, 0.1) is 0 Å². The molecule has 122 valence electrons. The molecule has 6 nitrogen and oxygen atoms in total. The molecule has 0 radical (unpaired) electrons. The SMILES string of the molecule is CC(C)(C)NC(=O)O[C@@H](CCCc1ccccc1O)C(N)=O. The quantitative estimate of drug-likeness (QED) is 0.749. The molecule has 0 aliphatic heterocycles. The van der Waals surface area contributed by atoms with E-state index in [1.54, 1.807) is 12.1 Å². The summed E-state index contributed by atoms with van der Waals surface area (Å²) in [5, 5.41) is 12.3. The molecule has 0 saturated heterocycles. The zero-order chi connectivity index (χ0) is 16.8. The van der Waals surface area contributed by atoms with Gasteiger partial charge >= 0.3 is 6.09 Å². The van der Waals surface area contributed by atoms with E-state index in [9.17, 15) is 14.7 Å². The van der Waals surface area contributed by atoms with E-state index in [1.807, 2.05) is 32.9 Å². The molecule has 1 aromatic rings. The number of alkyl carbamates (subject to hydrolysis) is 1. The van der Waals surface area contributed by atoms with Gasteiger partial charge in [-0.25, -0.2) is 4.79 Å². The Hall–Kier alpha value is -2.24. The number of aryl methyl sites for hydroxylation is 1. The van der Waals surface area contributed by atoms with E-state index in [0.29, 0.717) is 19.3 Å². The van der Waals surface area contributed by atoms with Gasteiger partial charge in [-0.2, -0.15) is 0 Å². The smallest absolute Gasteiger partial charge is 0.408 e. The third-order valence-corrected chi connectivity index (χ3v) is 2.95. The third-order valence-electron chi connectivity index (χ3n) is 2.95. The number of amides is 2. The van der Waals surface area contributed by atoms with Gasteiger partial charge in [0.25, 0.3) is 5.91 Å². The van der Waals surface area contributed by atoms with E-state index in [1.165, 1.54) is 0 Å². The van der Waals surface area contributed by atoms with Crippen LogP contribution in [0.25, 0.3) is 0 Å². The molecular formula is C16H24N2O4. The van der Waals surface area contributed by atoms with Crippen molar-refractivity contribution in [2.75, 3.05) is 0 Å². The fourth-order valence-electron chi connectivity index (χ4n) is 1.92. The Morgan fingerprint density at radius 2 is 1.95 bits per heavy atom. The molecule has 0 aromatic heterocycles. The van der Waals surface area contributed by atoms with Gasteiger partial charge in [0.1, 0.15) is 5.75 Å². The number of carbonyl (C=O) groups is 2. The Morgan fingerprint density at radius 1 is 1.32 bits per heavy atom. The van der Waals surface area contributed by atoms with Crippen LogP contribution in [0.1, 0.15) is 39.2 Å². The number of rotatable bonds is 6. The highest BCUT2D eigenvalue weighted by Crippen LogP contribution is 2.18. The highest BCUT2D eigenvalue weighted by molar-refractivity contribution is 5.81. The summed E-state index contributed by atoms with van der Waals surface area (Å²) in [6.07, 6.45) is -0.206. The van der Waals surface area contributed by atoms with Crippen molar-refractivity contribution >= 4 is 12.0 Å². The Balaban J connectivity index is 2.50. The number of benzene rings is 1. The van der Waals surface area contributed by atoms with Gasteiger partial charge in [0.2, 0.25) is 0 Å². The summed E-state index contributed by atoms with van der Waals surface area (Å²) in [6.45, 7) is 5.43. The monoisotopic (exact) mass is 308 g/mol. The van der Waals surface area contributed by atoms with Gasteiger partial charge in [0.15, 0.2) is 6.10 Å². The number of para-hydroxylation sites is 1. The molecular weight excluding hydrogens is 284 g/mol. The Labute approximate surface area is 130 Å². The van der Waals surface area contributed by atoms with E-state index in [0.717, 1.165) is 5.56 Å². The molecule has 4 N–H and O–H groups in total. The van der Waals surface area contributed by atoms with Crippen molar-refractivity contribution in [3.05, 3.63) is 29.8 Å². The Morgan fingerprint density at radius 3 is 2.50 bits per heavy atom. The molecule has 0 heterocycles. The lowest BCUT2D eigenvalue weighted by atomic mass is 10.0. The maximum absolute atomic E-state index is 11.7. The zero-order valence-corrected chi connectivity index (χ0v) is 13.3.